The summed E-state index contributed by atoms with van der Waals surface area (Å²) in [4.78, 5) is 4.69. The van der Waals surface area contributed by atoms with E-state index in [4.69, 9.17) is 23.2 Å². The van der Waals surface area contributed by atoms with Crippen LogP contribution in [0, 0.1) is 5.92 Å². The predicted molar refractivity (Wildman–Crippen MR) is 102 cm³/mol. The van der Waals surface area contributed by atoms with Crippen LogP contribution in [0.3, 0.4) is 0 Å². The standard InChI is InChI=1S/C18H23Cl2N3O3/c19-11-6-13-14(7-12(11)20)23(15-5-9(8-24)16(25)17(15)26)18(22-13)21-10-3-1-2-4-10/h6-7,9-10,15-17,24-26H,1-5,8H2,(H,21,22). The fourth-order valence-corrected chi connectivity index (χ4v) is 4.63. The first-order valence-electron chi connectivity index (χ1n) is 9.10. The minimum atomic E-state index is -0.983. The van der Waals surface area contributed by atoms with Crippen LogP contribution in [0.25, 0.3) is 11.0 Å². The first-order chi connectivity index (χ1) is 12.5. The Labute approximate surface area is 161 Å². The van der Waals surface area contributed by atoms with Gasteiger partial charge in [-0.2, -0.15) is 0 Å². The van der Waals surface area contributed by atoms with Gasteiger partial charge in [0, 0.05) is 18.6 Å². The van der Waals surface area contributed by atoms with E-state index in [2.05, 4.69) is 10.3 Å². The zero-order chi connectivity index (χ0) is 18.4. The minimum Gasteiger partial charge on any atom is -0.396 e. The van der Waals surface area contributed by atoms with Crippen molar-refractivity contribution in [1.82, 2.24) is 9.55 Å². The number of aliphatic hydroxyl groups is 3. The molecular weight excluding hydrogens is 377 g/mol. The third kappa shape index (κ3) is 3.08. The minimum absolute atomic E-state index is 0.167. The van der Waals surface area contributed by atoms with Crippen LogP contribution in [0.15, 0.2) is 12.1 Å². The Bertz CT molecular complexity index is 807. The van der Waals surface area contributed by atoms with Gasteiger partial charge < -0.3 is 25.2 Å². The average Bonchev–Trinajstić information content (AvgIpc) is 3.30. The highest BCUT2D eigenvalue weighted by atomic mass is 35.5. The van der Waals surface area contributed by atoms with Crippen LogP contribution < -0.4 is 5.32 Å². The Morgan fingerprint density at radius 2 is 1.81 bits per heavy atom. The van der Waals surface area contributed by atoms with Crippen LogP contribution in [0.5, 0.6) is 0 Å². The summed E-state index contributed by atoms with van der Waals surface area (Å²) >= 11 is 12.4. The number of rotatable bonds is 4. The molecule has 0 spiro atoms. The van der Waals surface area contributed by atoms with Gasteiger partial charge in [0.1, 0.15) is 6.10 Å². The van der Waals surface area contributed by atoms with Gasteiger partial charge in [0.25, 0.3) is 0 Å². The van der Waals surface area contributed by atoms with Crippen molar-refractivity contribution in [3.05, 3.63) is 22.2 Å². The maximum absolute atomic E-state index is 10.6. The van der Waals surface area contributed by atoms with Crippen LogP contribution >= 0.6 is 23.2 Å². The quantitative estimate of drug-likeness (QED) is 0.634. The fraction of sp³-hybridized carbons (Fsp3) is 0.611. The summed E-state index contributed by atoms with van der Waals surface area (Å²) in [6, 6.07) is 3.41. The lowest BCUT2D eigenvalue weighted by Gasteiger charge is -2.23. The smallest absolute Gasteiger partial charge is 0.204 e. The van der Waals surface area contributed by atoms with Crippen molar-refractivity contribution < 1.29 is 15.3 Å². The van der Waals surface area contributed by atoms with E-state index in [9.17, 15) is 15.3 Å². The molecule has 1 heterocycles. The summed E-state index contributed by atoms with van der Waals surface area (Å²) in [6.07, 6.45) is 3.05. The molecule has 4 rings (SSSR count). The molecule has 4 N–H and O–H groups in total. The molecule has 1 aromatic carbocycles. The zero-order valence-electron chi connectivity index (χ0n) is 14.3. The van der Waals surface area contributed by atoms with Gasteiger partial charge in [0.15, 0.2) is 0 Å². The summed E-state index contributed by atoms with van der Waals surface area (Å²) in [5.41, 5.74) is 1.45. The van der Waals surface area contributed by atoms with Crippen molar-refractivity contribution in [3.63, 3.8) is 0 Å². The van der Waals surface area contributed by atoms with E-state index in [-0.39, 0.29) is 12.5 Å². The number of benzene rings is 1. The van der Waals surface area contributed by atoms with Gasteiger partial charge in [-0.05, 0) is 31.4 Å². The lowest BCUT2D eigenvalue weighted by atomic mass is 10.1. The largest absolute Gasteiger partial charge is 0.396 e. The molecule has 2 aliphatic rings. The highest BCUT2D eigenvalue weighted by Crippen LogP contribution is 2.41. The number of anilines is 1. The molecule has 0 amide bonds. The van der Waals surface area contributed by atoms with Gasteiger partial charge in [-0.15, -0.1) is 0 Å². The Kier molecular flexibility index (Phi) is 5.05. The Morgan fingerprint density at radius 3 is 2.46 bits per heavy atom. The SMILES string of the molecule is OCC1CC(n2c(NC3CCCC3)nc3cc(Cl)c(Cl)cc32)C(O)C1O. The van der Waals surface area contributed by atoms with E-state index in [0.717, 1.165) is 18.4 Å². The van der Waals surface area contributed by atoms with Crippen LogP contribution in [-0.2, 0) is 0 Å². The number of aromatic nitrogens is 2. The molecule has 0 radical (unpaired) electrons. The topological polar surface area (TPSA) is 90.5 Å². The fourth-order valence-electron chi connectivity index (χ4n) is 4.32. The third-order valence-corrected chi connectivity index (χ3v) is 6.48. The lowest BCUT2D eigenvalue weighted by molar-refractivity contribution is -0.00346. The van der Waals surface area contributed by atoms with Crippen molar-refractivity contribution in [2.24, 2.45) is 5.92 Å². The van der Waals surface area contributed by atoms with Crippen molar-refractivity contribution >= 4 is 40.2 Å². The number of halogens is 2. The van der Waals surface area contributed by atoms with Gasteiger partial charge in [-0.3, -0.25) is 0 Å². The number of nitrogens with one attached hydrogen (secondary N) is 1. The molecule has 6 nitrogen and oxygen atoms in total. The van der Waals surface area contributed by atoms with Crippen molar-refractivity contribution in [2.75, 3.05) is 11.9 Å². The highest BCUT2D eigenvalue weighted by molar-refractivity contribution is 6.42. The summed E-state index contributed by atoms with van der Waals surface area (Å²) in [6.45, 7) is -0.167. The molecule has 26 heavy (non-hydrogen) atoms. The van der Waals surface area contributed by atoms with E-state index < -0.39 is 18.2 Å². The van der Waals surface area contributed by atoms with Crippen molar-refractivity contribution in [3.8, 4) is 0 Å². The maximum atomic E-state index is 10.6. The van der Waals surface area contributed by atoms with Gasteiger partial charge in [-0.25, -0.2) is 4.98 Å². The van der Waals surface area contributed by atoms with E-state index in [1.165, 1.54) is 12.8 Å². The van der Waals surface area contributed by atoms with E-state index in [1.807, 2.05) is 4.57 Å². The molecule has 2 aromatic rings. The summed E-state index contributed by atoms with van der Waals surface area (Å²) < 4.78 is 1.92. The molecule has 1 aromatic heterocycles. The predicted octanol–water partition coefficient (Wildman–Crippen LogP) is 2.97. The Hall–Kier alpha value is -1.05. The van der Waals surface area contributed by atoms with E-state index in [1.54, 1.807) is 12.1 Å². The molecule has 0 saturated heterocycles. The van der Waals surface area contributed by atoms with Crippen molar-refractivity contribution in [1.29, 1.82) is 0 Å². The lowest BCUT2D eigenvalue weighted by Crippen LogP contribution is -2.31. The Morgan fingerprint density at radius 1 is 1.12 bits per heavy atom. The number of nitrogens with zero attached hydrogens (tertiary/aromatic N) is 2. The molecule has 0 aliphatic heterocycles. The second-order valence-electron chi connectivity index (χ2n) is 7.41. The molecule has 4 atom stereocenters. The van der Waals surface area contributed by atoms with Gasteiger partial charge in [-0.1, -0.05) is 36.0 Å². The number of aliphatic hydroxyl groups excluding tert-OH is 3. The first-order valence-corrected chi connectivity index (χ1v) is 9.85. The van der Waals surface area contributed by atoms with Crippen LogP contribution in [-0.4, -0.2) is 49.7 Å². The molecule has 4 unspecified atom stereocenters. The second-order valence-corrected chi connectivity index (χ2v) is 8.23. The van der Waals surface area contributed by atoms with E-state index >= 15 is 0 Å². The average molecular weight is 400 g/mol. The number of hydrogen-bond acceptors (Lipinski definition) is 5. The maximum Gasteiger partial charge on any atom is 0.204 e. The molecule has 8 heteroatoms. The van der Waals surface area contributed by atoms with Crippen molar-refractivity contribution in [2.45, 2.75) is 56.4 Å². The molecule has 2 saturated carbocycles. The highest BCUT2D eigenvalue weighted by Gasteiger charge is 2.43. The molecule has 2 fully saturated rings. The third-order valence-electron chi connectivity index (χ3n) is 5.76. The molecule has 0 bridgehead atoms. The van der Waals surface area contributed by atoms with Crippen LogP contribution in [0.4, 0.5) is 5.95 Å². The van der Waals surface area contributed by atoms with Gasteiger partial charge in [0.2, 0.25) is 5.95 Å². The molecule has 142 valence electrons. The first kappa shape index (κ1) is 18.3. The van der Waals surface area contributed by atoms with Crippen LogP contribution in [0.2, 0.25) is 10.0 Å². The van der Waals surface area contributed by atoms with E-state index in [0.29, 0.717) is 34.0 Å². The van der Waals surface area contributed by atoms with Gasteiger partial charge in [0.05, 0.1) is 33.2 Å². The monoisotopic (exact) mass is 399 g/mol. The van der Waals surface area contributed by atoms with Crippen LogP contribution in [0.1, 0.15) is 38.1 Å². The zero-order valence-corrected chi connectivity index (χ0v) is 15.8. The number of fused-ring (bicyclic) bond motifs is 1. The number of hydrogen-bond donors (Lipinski definition) is 4. The van der Waals surface area contributed by atoms with Gasteiger partial charge >= 0.3 is 0 Å². The summed E-state index contributed by atoms with van der Waals surface area (Å²) in [5.74, 6) is 0.287. The summed E-state index contributed by atoms with van der Waals surface area (Å²) in [5, 5.41) is 34.7. The number of imidazole rings is 1. The summed E-state index contributed by atoms with van der Waals surface area (Å²) in [7, 11) is 0. The normalized spacial score (nSPS) is 29.7. The Balaban J connectivity index is 1.80. The molecular formula is C18H23Cl2N3O3. The second kappa shape index (κ2) is 7.17. The molecule has 2 aliphatic carbocycles.